The number of nitrogens with zero attached hydrogens (tertiary/aromatic N) is 3. The first-order valence-corrected chi connectivity index (χ1v) is 10.4. The molecule has 8 heteroatoms. The Morgan fingerprint density at radius 3 is 2.86 bits per heavy atom. The van der Waals surface area contributed by atoms with Crippen LogP contribution >= 0.6 is 0 Å². The van der Waals surface area contributed by atoms with Gasteiger partial charge in [-0.1, -0.05) is 6.07 Å². The molecule has 4 rings (SSSR count). The van der Waals surface area contributed by atoms with Crippen molar-refractivity contribution in [3.8, 4) is 5.75 Å². The molecule has 2 aliphatic heterocycles. The average Bonchev–Trinajstić information content (AvgIpc) is 3.34. The summed E-state index contributed by atoms with van der Waals surface area (Å²) in [6.07, 6.45) is 3.00. The molecule has 2 aromatic rings. The van der Waals surface area contributed by atoms with Gasteiger partial charge < -0.3 is 24.3 Å². The van der Waals surface area contributed by atoms with E-state index >= 15 is 0 Å². The normalized spacial score (nSPS) is 20.6. The number of rotatable bonds is 5. The fourth-order valence-corrected chi connectivity index (χ4v) is 4.52. The third-order valence-corrected chi connectivity index (χ3v) is 5.94. The third kappa shape index (κ3) is 4.33. The van der Waals surface area contributed by atoms with E-state index in [1.54, 1.807) is 7.11 Å². The molecule has 1 aromatic carbocycles. The van der Waals surface area contributed by atoms with E-state index in [9.17, 15) is 4.79 Å². The minimum atomic E-state index is -0.100. The van der Waals surface area contributed by atoms with Crippen LogP contribution in [0.1, 0.15) is 30.7 Å². The van der Waals surface area contributed by atoms with Crippen LogP contribution in [0, 0.1) is 5.92 Å². The van der Waals surface area contributed by atoms with Crippen LogP contribution in [0.4, 0.5) is 10.7 Å². The van der Waals surface area contributed by atoms with Gasteiger partial charge in [-0.25, -0.2) is 9.78 Å². The first kappa shape index (κ1) is 20.0. The number of likely N-dealkylation sites (tertiary alicyclic amines) is 1. The molecular weight excluding hydrogens is 370 g/mol. The Morgan fingerprint density at radius 1 is 1.34 bits per heavy atom. The number of ether oxygens (including phenoxy) is 2. The molecule has 0 aliphatic carbocycles. The number of carbonyl (C=O) groups is 1. The second-order valence-electron chi connectivity index (χ2n) is 8.35. The molecule has 0 bridgehead atoms. The first-order valence-electron chi connectivity index (χ1n) is 10.4. The maximum Gasteiger partial charge on any atom is 0.324 e. The number of benzene rings is 1. The first-order chi connectivity index (χ1) is 14.0. The van der Waals surface area contributed by atoms with Crippen molar-refractivity contribution in [1.82, 2.24) is 19.8 Å². The molecule has 8 nitrogen and oxygen atoms in total. The zero-order chi connectivity index (χ0) is 20.4. The standard InChI is InChI=1S/C21H31N5O3/c1-25(2)12-14-6-9-26(13-14)21(27)24-20-22-18-16(15-7-10-29-11-8-15)4-5-17(28-3)19(18)23-20/h4-5,14-15H,6-13H2,1-3H3,(H2,22,23,24,27)/t14-/m1/s1. The van der Waals surface area contributed by atoms with Crippen molar-refractivity contribution in [3.05, 3.63) is 17.7 Å². The smallest absolute Gasteiger partial charge is 0.324 e. The molecule has 0 spiro atoms. The molecule has 29 heavy (non-hydrogen) atoms. The van der Waals surface area contributed by atoms with Crippen molar-refractivity contribution in [2.75, 3.05) is 59.4 Å². The largest absolute Gasteiger partial charge is 0.494 e. The van der Waals surface area contributed by atoms with E-state index < -0.39 is 0 Å². The molecule has 0 saturated carbocycles. The molecule has 2 saturated heterocycles. The van der Waals surface area contributed by atoms with E-state index in [-0.39, 0.29) is 6.03 Å². The maximum atomic E-state index is 12.8. The van der Waals surface area contributed by atoms with Crippen molar-refractivity contribution < 1.29 is 14.3 Å². The summed E-state index contributed by atoms with van der Waals surface area (Å²) < 4.78 is 11.0. The summed E-state index contributed by atoms with van der Waals surface area (Å²) in [5.74, 6) is 2.14. The summed E-state index contributed by atoms with van der Waals surface area (Å²) in [5, 5.41) is 2.96. The van der Waals surface area contributed by atoms with Crippen LogP contribution in [0.15, 0.2) is 12.1 Å². The molecule has 0 unspecified atom stereocenters. The van der Waals surface area contributed by atoms with Crippen molar-refractivity contribution in [3.63, 3.8) is 0 Å². The highest BCUT2D eigenvalue weighted by Gasteiger charge is 2.27. The number of anilines is 1. The highest BCUT2D eigenvalue weighted by atomic mass is 16.5. The quantitative estimate of drug-likeness (QED) is 0.805. The topological polar surface area (TPSA) is 82.7 Å². The number of hydrogen-bond donors (Lipinski definition) is 2. The Balaban J connectivity index is 1.53. The van der Waals surface area contributed by atoms with Gasteiger partial charge in [0.05, 0.1) is 12.6 Å². The Hall–Kier alpha value is -2.32. The van der Waals surface area contributed by atoms with Gasteiger partial charge in [-0.3, -0.25) is 5.32 Å². The SMILES string of the molecule is COc1ccc(C2CCOCC2)c2nc(NC(=O)N3CC[C@H](CN(C)C)C3)[nH]c12. The van der Waals surface area contributed by atoms with Crippen LogP contribution in [0.25, 0.3) is 11.0 Å². The second-order valence-corrected chi connectivity index (χ2v) is 8.35. The zero-order valence-electron chi connectivity index (χ0n) is 17.5. The number of amides is 2. The number of aromatic nitrogens is 2. The Morgan fingerprint density at radius 2 is 2.14 bits per heavy atom. The molecule has 2 amide bonds. The van der Waals surface area contributed by atoms with Gasteiger partial charge in [0.1, 0.15) is 11.3 Å². The van der Waals surface area contributed by atoms with Crippen LogP contribution in [-0.2, 0) is 4.74 Å². The van der Waals surface area contributed by atoms with Crippen molar-refractivity contribution in [2.45, 2.75) is 25.2 Å². The number of carbonyl (C=O) groups excluding carboxylic acids is 1. The number of urea groups is 1. The van der Waals surface area contributed by atoms with Gasteiger partial charge in [0.25, 0.3) is 0 Å². The van der Waals surface area contributed by atoms with Crippen LogP contribution < -0.4 is 10.1 Å². The number of fused-ring (bicyclic) bond motifs is 1. The van der Waals surface area contributed by atoms with Crippen LogP contribution in [0.5, 0.6) is 5.75 Å². The van der Waals surface area contributed by atoms with Crippen LogP contribution in [-0.4, -0.2) is 79.9 Å². The minimum Gasteiger partial charge on any atom is -0.494 e. The summed E-state index contributed by atoms with van der Waals surface area (Å²) in [6, 6.07) is 3.97. The number of nitrogens with one attached hydrogen (secondary N) is 2. The Bertz CT molecular complexity index is 859. The molecule has 2 aliphatic rings. The maximum absolute atomic E-state index is 12.8. The summed E-state index contributed by atoms with van der Waals surface area (Å²) in [4.78, 5) is 24.8. The fraction of sp³-hybridized carbons (Fsp3) is 0.619. The molecule has 2 N–H and O–H groups in total. The Kier molecular flexibility index (Phi) is 5.91. The van der Waals surface area contributed by atoms with Crippen molar-refractivity contribution in [2.24, 2.45) is 5.92 Å². The highest BCUT2D eigenvalue weighted by Crippen LogP contribution is 2.36. The van der Waals surface area contributed by atoms with E-state index in [2.05, 4.69) is 35.4 Å². The molecule has 158 valence electrons. The minimum absolute atomic E-state index is 0.100. The third-order valence-electron chi connectivity index (χ3n) is 5.94. The van der Waals surface area contributed by atoms with E-state index in [1.807, 2.05) is 11.0 Å². The van der Waals surface area contributed by atoms with Gasteiger partial charge in [0.2, 0.25) is 5.95 Å². The summed E-state index contributed by atoms with van der Waals surface area (Å²) >= 11 is 0. The predicted molar refractivity (Wildman–Crippen MR) is 113 cm³/mol. The monoisotopic (exact) mass is 401 g/mol. The zero-order valence-corrected chi connectivity index (χ0v) is 17.5. The molecular formula is C21H31N5O3. The fourth-order valence-electron chi connectivity index (χ4n) is 4.52. The molecule has 2 fully saturated rings. The van der Waals surface area contributed by atoms with Crippen molar-refractivity contribution >= 4 is 23.0 Å². The van der Waals surface area contributed by atoms with Gasteiger partial charge in [-0.2, -0.15) is 0 Å². The number of hydrogen-bond acceptors (Lipinski definition) is 5. The van der Waals surface area contributed by atoms with E-state index in [4.69, 9.17) is 14.5 Å². The van der Waals surface area contributed by atoms with E-state index in [1.165, 1.54) is 5.56 Å². The molecule has 0 radical (unpaired) electrons. The lowest BCUT2D eigenvalue weighted by Gasteiger charge is -2.22. The van der Waals surface area contributed by atoms with Gasteiger partial charge in [-0.05, 0) is 56.8 Å². The van der Waals surface area contributed by atoms with Gasteiger partial charge in [0.15, 0.2) is 0 Å². The van der Waals surface area contributed by atoms with Gasteiger partial charge >= 0.3 is 6.03 Å². The lowest BCUT2D eigenvalue weighted by Crippen LogP contribution is -2.34. The second kappa shape index (κ2) is 8.59. The predicted octanol–water partition coefficient (Wildman–Crippen LogP) is 2.88. The summed E-state index contributed by atoms with van der Waals surface area (Å²) in [6.45, 7) is 4.10. The van der Waals surface area contributed by atoms with E-state index in [0.29, 0.717) is 17.8 Å². The number of aromatic amines is 1. The Labute approximate surface area is 171 Å². The highest BCUT2D eigenvalue weighted by molar-refractivity contribution is 5.92. The summed E-state index contributed by atoms with van der Waals surface area (Å²) in [5.41, 5.74) is 2.89. The number of methoxy groups -OCH3 is 1. The summed E-state index contributed by atoms with van der Waals surface area (Å²) in [7, 11) is 5.79. The lowest BCUT2D eigenvalue weighted by atomic mass is 9.90. The van der Waals surface area contributed by atoms with Crippen LogP contribution in [0.2, 0.25) is 0 Å². The molecule has 1 atom stereocenters. The van der Waals surface area contributed by atoms with Crippen molar-refractivity contribution in [1.29, 1.82) is 0 Å². The van der Waals surface area contributed by atoms with Gasteiger partial charge in [0, 0.05) is 32.8 Å². The molecule has 3 heterocycles. The van der Waals surface area contributed by atoms with Crippen LogP contribution in [0.3, 0.4) is 0 Å². The number of H-pyrrole nitrogens is 1. The molecule has 1 aromatic heterocycles. The lowest BCUT2D eigenvalue weighted by molar-refractivity contribution is 0.0856. The van der Waals surface area contributed by atoms with E-state index in [0.717, 1.165) is 68.9 Å². The van der Waals surface area contributed by atoms with Gasteiger partial charge in [-0.15, -0.1) is 0 Å². The number of imidazole rings is 1. The average molecular weight is 402 g/mol.